The largest absolute Gasteiger partial charge is 0.322 e. The summed E-state index contributed by atoms with van der Waals surface area (Å²) in [7, 11) is 0. The van der Waals surface area contributed by atoms with Crippen LogP contribution >= 0.6 is 0 Å². The minimum Gasteiger partial charge on any atom is -0.322 e. The van der Waals surface area contributed by atoms with E-state index < -0.39 is 6.04 Å². The monoisotopic (exact) mass is 437 g/mol. The SMILES string of the molecule is O=C1CCC(N2Cc3cc(CNCc4cn(C[C@@H]5CCCN5)nn4)ccc3C2=O)C(=O)N1. The molecule has 10 nitrogen and oxygen atoms in total. The highest BCUT2D eigenvalue weighted by Crippen LogP contribution is 2.28. The van der Waals surface area contributed by atoms with Gasteiger partial charge in [-0.25, -0.2) is 0 Å². The summed E-state index contributed by atoms with van der Waals surface area (Å²) >= 11 is 0. The summed E-state index contributed by atoms with van der Waals surface area (Å²) < 4.78 is 1.89. The fourth-order valence-corrected chi connectivity index (χ4v) is 4.72. The molecule has 2 atom stereocenters. The normalized spacial score (nSPS) is 23.0. The molecule has 0 saturated carbocycles. The van der Waals surface area contributed by atoms with Gasteiger partial charge in [0.05, 0.1) is 12.2 Å². The summed E-state index contributed by atoms with van der Waals surface area (Å²) in [5.41, 5.74) is 3.49. The summed E-state index contributed by atoms with van der Waals surface area (Å²) in [6, 6.07) is 5.66. The Morgan fingerprint density at radius 3 is 2.88 bits per heavy atom. The van der Waals surface area contributed by atoms with Crippen molar-refractivity contribution in [3.05, 3.63) is 46.8 Å². The molecule has 1 unspecified atom stereocenters. The maximum absolute atomic E-state index is 12.8. The summed E-state index contributed by atoms with van der Waals surface area (Å²) in [4.78, 5) is 37.9. The van der Waals surface area contributed by atoms with Gasteiger partial charge in [0.1, 0.15) is 6.04 Å². The maximum atomic E-state index is 12.8. The van der Waals surface area contributed by atoms with Crippen LogP contribution in [0.25, 0.3) is 0 Å². The summed E-state index contributed by atoms with van der Waals surface area (Å²) in [5.74, 6) is -0.817. The molecular formula is C22H27N7O3. The van der Waals surface area contributed by atoms with Crippen molar-refractivity contribution in [1.29, 1.82) is 0 Å². The molecule has 10 heteroatoms. The van der Waals surface area contributed by atoms with E-state index in [0.717, 1.165) is 29.9 Å². The third-order valence-electron chi connectivity index (χ3n) is 6.38. The van der Waals surface area contributed by atoms with Crippen molar-refractivity contribution < 1.29 is 14.4 Å². The van der Waals surface area contributed by atoms with Gasteiger partial charge in [0.2, 0.25) is 11.8 Å². The molecular weight excluding hydrogens is 410 g/mol. The molecule has 3 amide bonds. The lowest BCUT2D eigenvalue weighted by atomic mass is 10.0. The van der Waals surface area contributed by atoms with Gasteiger partial charge in [0, 0.05) is 43.9 Å². The molecule has 168 valence electrons. The highest BCUT2D eigenvalue weighted by molar-refractivity contribution is 6.05. The summed E-state index contributed by atoms with van der Waals surface area (Å²) in [6.45, 7) is 3.55. The average molecular weight is 438 g/mol. The first-order valence-corrected chi connectivity index (χ1v) is 11.2. The topological polar surface area (TPSA) is 121 Å². The Hall–Kier alpha value is -3.11. The maximum Gasteiger partial charge on any atom is 0.255 e. The quantitative estimate of drug-likeness (QED) is 0.525. The van der Waals surface area contributed by atoms with Crippen LogP contribution in [-0.4, -0.2) is 56.2 Å². The average Bonchev–Trinajstić information content (AvgIpc) is 3.51. The van der Waals surface area contributed by atoms with Crippen LogP contribution in [0.4, 0.5) is 0 Å². The molecule has 0 aliphatic carbocycles. The first-order valence-electron chi connectivity index (χ1n) is 11.2. The molecule has 0 radical (unpaired) electrons. The molecule has 1 aromatic carbocycles. The van der Waals surface area contributed by atoms with Gasteiger partial charge in [-0.05, 0) is 43.0 Å². The predicted octanol–water partition coefficient (Wildman–Crippen LogP) is 0.0809. The molecule has 32 heavy (non-hydrogen) atoms. The fraction of sp³-hybridized carbons (Fsp3) is 0.500. The minimum absolute atomic E-state index is 0.151. The number of hydrogen-bond acceptors (Lipinski definition) is 7. The standard InChI is InChI=1S/C22H27N7O3/c30-20-6-5-19(21(31)25-20)29-11-15-8-14(3-4-18(15)22(29)32)9-23-10-17-13-28(27-26-17)12-16-2-1-7-24-16/h3-4,8,13,16,19,23-24H,1-2,5-7,9-12H2,(H,25,30,31)/t16-,19?/m0/s1. The third-order valence-corrected chi connectivity index (χ3v) is 6.38. The Kier molecular flexibility index (Phi) is 5.71. The first-order chi connectivity index (χ1) is 15.6. The van der Waals surface area contributed by atoms with Crippen molar-refractivity contribution >= 4 is 17.7 Å². The van der Waals surface area contributed by atoms with E-state index in [1.54, 1.807) is 4.90 Å². The van der Waals surface area contributed by atoms with Gasteiger partial charge < -0.3 is 15.5 Å². The zero-order valence-corrected chi connectivity index (χ0v) is 17.8. The second kappa shape index (κ2) is 8.79. The van der Waals surface area contributed by atoms with Crippen molar-refractivity contribution in [3.63, 3.8) is 0 Å². The predicted molar refractivity (Wildman–Crippen MR) is 114 cm³/mol. The highest BCUT2D eigenvalue weighted by atomic mass is 16.2. The fourth-order valence-electron chi connectivity index (χ4n) is 4.72. The lowest BCUT2D eigenvalue weighted by molar-refractivity contribution is -0.136. The Morgan fingerprint density at radius 1 is 1.16 bits per heavy atom. The number of hydrogen-bond donors (Lipinski definition) is 3. The molecule has 5 rings (SSSR count). The number of nitrogens with zero attached hydrogens (tertiary/aromatic N) is 4. The Bertz CT molecular complexity index is 1040. The molecule has 0 bridgehead atoms. The van der Waals surface area contributed by atoms with Gasteiger partial charge in [-0.1, -0.05) is 17.3 Å². The van der Waals surface area contributed by atoms with Crippen molar-refractivity contribution in [1.82, 2.24) is 35.8 Å². The number of benzene rings is 1. The number of imide groups is 1. The van der Waals surface area contributed by atoms with Crippen LogP contribution < -0.4 is 16.0 Å². The van der Waals surface area contributed by atoms with Crippen LogP contribution in [0.5, 0.6) is 0 Å². The van der Waals surface area contributed by atoms with Gasteiger partial charge in [0.25, 0.3) is 5.91 Å². The molecule has 1 aromatic heterocycles. The minimum atomic E-state index is -0.587. The second-order valence-corrected chi connectivity index (χ2v) is 8.72. The number of aromatic nitrogens is 3. The van der Waals surface area contributed by atoms with E-state index in [4.69, 9.17) is 0 Å². The van der Waals surface area contributed by atoms with Gasteiger partial charge >= 0.3 is 0 Å². The molecule has 2 saturated heterocycles. The lowest BCUT2D eigenvalue weighted by Gasteiger charge is -2.29. The molecule has 2 aromatic rings. The Balaban J connectivity index is 1.16. The van der Waals surface area contributed by atoms with Gasteiger partial charge in [-0.15, -0.1) is 5.10 Å². The van der Waals surface area contributed by atoms with E-state index in [9.17, 15) is 14.4 Å². The van der Waals surface area contributed by atoms with Gasteiger partial charge in [0.15, 0.2) is 0 Å². The second-order valence-electron chi connectivity index (χ2n) is 8.72. The Morgan fingerprint density at radius 2 is 2.06 bits per heavy atom. The van der Waals surface area contributed by atoms with Crippen LogP contribution in [-0.2, 0) is 35.8 Å². The number of fused-ring (bicyclic) bond motifs is 1. The van der Waals surface area contributed by atoms with Crippen LogP contribution in [0, 0.1) is 0 Å². The smallest absolute Gasteiger partial charge is 0.255 e. The molecule has 3 N–H and O–H groups in total. The molecule has 4 heterocycles. The molecule has 0 spiro atoms. The van der Waals surface area contributed by atoms with Crippen LogP contribution in [0.1, 0.15) is 52.9 Å². The van der Waals surface area contributed by atoms with E-state index >= 15 is 0 Å². The van der Waals surface area contributed by atoms with E-state index in [0.29, 0.717) is 37.7 Å². The number of carbonyl (C=O) groups is 3. The van der Waals surface area contributed by atoms with E-state index in [2.05, 4.69) is 26.3 Å². The zero-order chi connectivity index (χ0) is 22.1. The highest BCUT2D eigenvalue weighted by Gasteiger charge is 2.39. The number of rotatable bonds is 7. The molecule has 2 fully saturated rings. The van der Waals surface area contributed by atoms with Gasteiger partial charge in [-0.2, -0.15) is 0 Å². The van der Waals surface area contributed by atoms with Crippen LogP contribution in [0.3, 0.4) is 0 Å². The van der Waals surface area contributed by atoms with Gasteiger partial charge in [-0.3, -0.25) is 24.4 Å². The van der Waals surface area contributed by atoms with Crippen molar-refractivity contribution in [2.75, 3.05) is 6.54 Å². The third kappa shape index (κ3) is 4.28. The zero-order valence-electron chi connectivity index (χ0n) is 17.8. The van der Waals surface area contributed by atoms with Crippen LogP contribution in [0.2, 0.25) is 0 Å². The number of piperidine rings is 1. The van der Waals surface area contributed by atoms with Crippen molar-refractivity contribution in [2.24, 2.45) is 0 Å². The first kappa shape index (κ1) is 20.8. The Labute approximate surface area is 185 Å². The molecule has 3 aliphatic rings. The van der Waals surface area contributed by atoms with E-state index in [-0.39, 0.29) is 24.1 Å². The van der Waals surface area contributed by atoms with Crippen LogP contribution in [0.15, 0.2) is 24.4 Å². The van der Waals surface area contributed by atoms with E-state index in [1.165, 1.54) is 12.8 Å². The van der Waals surface area contributed by atoms with Crippen molar-refractivity contribution in [3.8, 4) is 0 Å². The number of nitrogens with one attached hydrogen (secondary N) is 3. The van der Waals surface area contributed by atoms with Crippen molar-refractivity contribution in [2.45, 2.75) is 63.9 Å². The lowest BCUT2D eigenvalue weighted by Crippen LogP contribution is -2.52. The number of carbonyl (C=O) groups excluding carboxylic acids is 3. The number of amides is 3. The summed E-state index contributed by atoms with van der Waals surface area (Å²) in [5, 5.41) is 17.6. The van der Waals surface area contributed by atoms with E-state index in [1.807, 2.05) is 29.1 Å². The summed E-state index contributed by atoms with van der Waals surface area (Å²) in [6.07, 6.45) is 5.00. The molecule has 3 aliphatic heterocycles.